The Balaban J connectivity index is 0.000000277. The Morgan fingerprint density at radius 1 is 1.00 bits per heavy atom. The number of nitrogens with one attached hydrogen (secondary N) is 1. The van der Waals surface area contributed by atoms with Crippen LogP contribution in [0.5, 0.6) is 5.75 Å². The quantitative estimate of drug-likeness (QED) is 0.384. The molecule has 0 spiro atoms. The highest BCUT2D eigenvalue weighted by molar-refractivity contribution is 6.66. The molecule has 0 unspecified atom stereocenters. The van der Waals surface area contributed by atoms with Crippen molar-refractivity contribution in [3.8, 4) is 5.75 Å². The summed E-state index contributed by atoms with van der Waals surface area (Å²) in [5.41, 5.74) is 0.893. The van der Waals surface area contributed by atoms with Crippen LogP contribution in [0.3, 0.4) is 0 Å². The minimum atomic E-state index is -4.72. The second-order valence-electron chi connectivity index (χ2n) is 4.54. The van der Waals surface area contributed by atoms with Gasteiger partial charge in [0.05, 0.1) is 12.8 Å². The Labute approximate surface area is 162 Å². The summed E-state index contributed by atoms with van der Waals surface area (Å²) in [7, 11) is 1.38. The topological polar surface area (TPSA) is 67.9 Å². The number of rotatable bonds is 4. The molecule has 0 saturated heterocycles. The van der Waals surface area contributed by atoms with Crippen LogP contribution in [0.4, 0.5) is 34.1 Å². The number of anilines is 2. The molecule has 0 saturated carbocycles. The lowest BCUT2D eigenvalue weighted by Crippen LogP contribution is -2.23. The fraction of sp³-hybridized carbons (Fsp3) is 0.125. The van der Waals surface area contributed by atoms with E-state index >= 15 is 0 Å². The zero-order valence-electron chi connectivity index (χ0n) is 13.7. The number of para-hydroxylation sites is 1. The molecule has 27 heavy (non-hydrogen) atoms. The number of halogens is 5. The number of carbonyl (C=O) groups is 2. The van der Waals surface area contributed by atoms with Crippen LogP contribution >= 0.6 is 23.2 Å². The van der Waals surface area contributed by atoms with Gasteiger partial charge in [-0.15, -0.1) is 13.2 Å². The van der Waals surface area contributed by atoms with Gasteiger partial charge in [-0.1, -0.05) is 18.2 Å². The van der Waals surface area contributed by atoms with Gasteiger partial charge in [-0.25, -0.2) is 0 Å². The van der Waals surface area contributed by atoms with Crippen LogP contribution in [0.15, 0.2) is 54.6 Å². The van der Waals surface area contributed by atoms with Crippen molar-refractivity contribution < 1.29 is 32.3 Å². The Bertz CT molecular complexity index is 744. The minimum Gasteiger partial charge on any atom is -0.406 e. The zero-order chi connectivity index (χ0) is 20.4. The van der Waals surface area contributed by atoms with Crippen molar-refractivity contribution in [2.45, 2.75) is 6.36 Å². The smallest absolute Gasteiger partial charge is 0.406 e. The van der Waals surface area contributed by atoms with Crippen LogP contribution < -0.4 is 15.1 Å². The molecule has 1 N–H and O–H groups in total. The van der Waals surface area contributed by atoms with Crippen molar-refractivity contribution in [2.24, 2.45) is 0 Å². The number of hydrogen-bond acceptors (Lipinski definition) is 4. The molecule has 0 aliphatic rings. The third-order valence-corrected chi connectivity index (χ3v) is 2.91. The zero-order valence-corrected chi connectivity index (χ0v) is 15.2. The summed E-state index contributed by atoms with van der Waals surface area (Å²) in [6.45, 7) is 0. The molecule has 2 aromatic rings. The molecule has 2 amide bonds. The first kappa shape index (κ1) is 22.6. The Morgan fingerprint density at radius 2 is 1.56 bits per heavy atom. The van der Waals surface area contributed by atoms with Gasteiger partial charge in [-0.2, -0.15) is 5.06 Å². The lowest BCUT2D eigenvalue weighted by molar-refractivity contribution is -0.274. The average molecular weight is 425 g/mol. The van der Waals surface area contributed by atoms with Crippen molar-refractivity contribution >= 4 is 45.3 Å². The van der Waals surface area contributed by atoms with E-state index in [1.54, 1.807) is 24.3 Å². The van der Waals surface area contributed by atoms with Gasteiger partial charge in [0.15, 0.2) is 0 Å². The van der Waals surface area contributed by atoms with Gasteiger partial charge in [0.25, 0.3) is 0 Å². The Kier molecular flexibility index (Phi) is 8.86. The normalized spacial score (nSPS) is 10.3. The number of hydroxylamine groups is 1. The molecule has 0 aromatic heterocycles. The maximum Gasteiger partial charge on any atom is 0.573 e. The highest BCUT2D eigenvalue weighted by atomic mass is 35.5. The Hall–Kier alpha value is -2.49. The first-order valence-corrected chi connectivity index (χ1v) is 7.79. The fourth-order valence-electron chi connectivity index (χ4n) is 1.70. The molecular weight excluding hydrogens is 412 g/mol. The average Bonchev–Trinajstić information content (AvgIpc) is 2.57. The first-order valence-electron chi connectivity index (χ1n) is 7.03. The lowest BCUT2D eigenvalue weighted by atomic mass is 10.3. The van der Waals surface area contributed by atoms with E-state index in [0.717, 1.165) is 17.2 Å². The van der Waals surface area contributed by atoms with E-state index < -0.39 is 17.1 Å². The summed E-state index contributed by atoms with van der Waals surface area (Å²) in [6, 6.07) is 13.5. The highest BCUT2D eigenvalue weighted by Crippen LogP contribution is 2.24. The second kappa shape index (κ2) is 10.6. The third-order valence-electron chi connectivity index (χ3n) is 2.66. The molecule has 0 aliphatic carbocycles. The maximum atomic E-state index is 11.7. The van der Waals surface area contributed by atoms with E-state index in [1.165, 1.54) is 19.2 Å². The molecule has 146 valence electrons. The molecule has 2 aromatic carbocycles. The summed E-state index contributed by atoms with van der Waals surface area (Å²) in [6.07, 6.45) is -4.72. The van der Waals surface area contributed by atoms with Crippen LogP contribution in [0.25, 0.3) is 0 Å². The number of carbonyl (C=O) groups excluding carboxylic acids is 2. The number of benzene rings is 2. The van der Waals surface area contributed by atoms with Gasteiger partial charge in [0.2, 0.25) is 0 Å². The van der Waals surface area contributed by atoms with Crippen LogP contribution in [0.1, 0.15) is 0 Å². The van der Waals surface area contributed by atoms with Gasteiger partial charge in [0, 0.05) is 5.69 Å². The molecule has 0 bridgehead atoms. The number of alkyl halides is 3. The molecule has 0 aliphatic heterocycles. The van der Waals surface area contributed by atoms with E-state index in [-0.39, 0.29) is 11.4 Å². The standard InChI is InChI=1S/C8H5ClF3NO2.C8H8ClNO2/c9-7(14)13-5-1-3-6(4-2-5)15-8(10,11)12;1-12-10(8(9)11)7-5-3-2-4-6-7/h1-4H,(H,13,14);2-6H,1H3. The minimum absolute atomic E-state index is 0.282. The van der Waals surface area contributed by atoms with E-state index in [4.69, 9.17) is 28.0 Å². The molecule has 0 fully saturated rings. The van der Waals surface area contributed by atoms with E-state index in [1.807, 2.05) is 6.07 Å². The Morgan fingerprint density at radius 3 is 1.96 bits per heavy atom. The SMILES string of the molecule is CON(C(=O)Cl)c1ccccc1.O=C(Cl)Nc1ccc(OC(F)(F)F)cc1. The number of nitrogens with zero attached hydrogens (tertiary/aromatic N) is 1. The monoisotopic (exact) mass is 424 g/mol. The van der Waals surface area contributed by atoms with Gasteiger partial charge in [-0.3, -0.25) is 14.4 Å². The molecule has 0 radical (unpaired) electrons. The molecule has 11 heteroatoms. The number of hydrogen-bond donors (Lipinski definition) is 1. The van der Waals surface area contributed by atoms with Crippen LogP contribution in [0, 0.1) is 0 Å². The van der Waals surface area contributed by atoms with Crippen LogP contribution in [0.2, 0.25) is 0 Å². The highest BCUT2D eigenvalue weighted by Gasteiger charge is 2.30. The van der Waals surface area contributed by atoms with Gasteiger partial charge < -0.3 is 10.1 Å². The van der Waals surface area contributed by atoms with Crippen molar-refractivity contribution in [1.29, 1.82) is 0 Å². The summed E-state index contributed by atoms with van der Waals surface area (Å²) in [4.78, 5) is 25.9. The van der Waals surface area contributed by atoms with E-state index in [0.29, 0.717) is 5.69 Å². The van der Waals surface area contributed by atoms with Crippen molar-refractivity contribution in [3.63, 3.8) is 0 Å². The van der Waals surface area contributed by atoms with Gasteiger partial charge in [-0.05, 0) is 59.6 Å². The van der Waals surface area contributed by atoms with Crippen molar-refractivity contribution in [3.05, 3.63) is 54.6 Å². The predicted molar refractivity (Wildman–Crippen MR) is 95.2 cm³/mol. The molecule has 6 nitrogen and oxygen atoms in total. The van der Waals surface area contributed by atoms with E-state index in [2.05, 4.69) is 10.1 Å². The summed E-state index contributed by atoms with van der Waals surface area (Å²) >= 11 is 10.2. The third kappa shape index (κ3) is 9.13. The second-order valence-corrected chi connectivity index (χ2v) is 5.20. The number of amides is 2. The van der Waals surface area contributed by atoms with Crippen molar-refractivity contribution in [1.82, 2.24) is 0 Å². The van der Waals surface area contributed by atoms with Gasteiger partial charge in [0.1, 0.15) is 5.75 Å². The molecule has 0 heterocycles. The first-order chi connectivity index (χ1) is 12.6. The number of ether oxygens (including phenoxy) is 1. The summed E-state index contributed by atoms with van der Waals surface area (Å²) in [5.74, 6) is -0.366. The summed E-state index contributed by atoms with van der Waals surface area (Å²) < 4.78 is 38.8. The molecule has 0 atom stereocenters. The largest absolute Gasteiger partial charge is 0.573 e. The predicted octanol–water partition coefficient (Wildman–Crippen LogP) is 5.77. The summed E-state index contributed by atoms with van der Waals surface area (Å²) in [5, 5.41) is 1.70. The maximum absolute atomic E-state index is 11.7. The molecule has 2 rings (SSSR count). The lowest BCUT2D eigenvalue weighted by Gasteiger charge is -2.15. The fourth-order valence-corrected chi connectivity index (χ4v) is 1.97. The van der Waals surface area contributed by atoms with Crippen LogP contribution in [-0.2, 0) is 4.84 Å². The van der Waals surface area contributed by atoms with E-state index in [9.17, 15) is 22.8 Å². The molecular formula is C16H13Cl2F3N2O4. The van der Waals surface area contributed by atoms with Crippen molar-refractivity contribution in [2.75, 3.05) is 17.5 Å². The van der Waals surface area contributed by atoms with Gasteiger partial charge >= 0.3 is 17.1 Å². The van der Waals surface area contributed by atoms with Crippen LogP contribution in [-0.4, -0.2) is 24.2 Å².